The van der Waals surface area contributed by atoms with E-state index in [1.165, 1.54) is 0 Å². The monoisotopic (exact) mass is 887 g/mol. The third-order valence-corrected chi connectivity index (χ3v) is 15.3. The van der Waals surface area contributed by atoms with Crippen LogP contribution >= 0.6 is 132 Å². The van der Waals surface area contributed by atoms with Crippen molar-refractivity contribution >= 4 is 132 Å². The van der Waals surface area contributed by atoms with Gasteiger partial charge in [0.1, 0.15) is 0 Å². The van der Waals surface area contributed by atoms with Crippen molar-refractivity contribution in [1.82, 2.24) is 0 Å². The molecule has 0 aromatic heterocycles. The van der Waals surface area contributed by atoms with Crippen LogP contribution in [0.25, 0.3) is 0 Å². The minimum absolute atomic E-state index is 0.131. The minimum atomic E-state index is -6.71. The van der Waals surface area contributed by atoms with Gasteiger partial charge in [0.05, 0.1) is 0 Å². The predicted octanol–water partition coefficient (Wildman–Crippen LogP) is 13.8. The molecule has 6 nitrogen and oxygen atoms in total. The van der Waals surface area contributed by atoms with Crippen LogP contribution in [0.5, 0.6) is 23.0 Å². The van der Waals surface area contributed by atoms with Crippen LogP contribution in [0.1, 0.15) is 23.3 Å². The van der Waals surface area contributed by atoms with Gasteiger partial charge in [-0.05, 0) is 0 Å². The molecule has 17 heteroatoms. The fourth-order valence-electron chi connectivity index (χ4n) is 4.99. The molecule has 43 heavy (non-hydrogen) atoms. The van der Waals surface area contributed by atoms with E-state index in [0.29, 0.717) is 20.1 Å². The van der Waals surface area contributed by atoms with Crippen LogP contribution in [0.4, 0.5) is 0 Å². The number of benzene rings is 4. The summed E-state index contributed by atoms with van der Waals surface area (Å²) in [5.41, 5.74) is 1.21. The maximum absolute atomic E-state index is 6.85. The number of halogens is 10. The molecule has 0 bridgehead atoms. The molecule has 1 spiro atoms. The zero-order valence-corrected chi connectivity index (χ0v) is 30.6. The van der Waals surface area contributed by atoms with Crippen LogP contribution in [0.3, 0.4) is 0 Å². The Labute approximate surface area is 300 Å². The molecule has 2 unspecified atom stereocenters. The van der Waals surface area contributed by atoms with Crippen LogP contribution in [0, 0.1) is 0 Å². The average Bonchev–Trinajstić information content (AvgIpc) is 3.59. The molecule has 7 rings (SSSR count). The van der Waals surface area contributed by atoms with Crippen molar-refractivity contribution < 1.29 is 27.1 Å². The second-order valence-electron chi connectivity index (χ2n) is 9.41. The number of hydrogen-bond acceptors (Lipinski definition) is 6. The Morgan fingerprint density at radius 3 is 1.00 bits per heavy atom. The van der Waals surface area contributed by atoms with E-state index in [2.05, 4.69) is 31.9 Å². The molecule has 3 aliphatic heterocycles. The molecule has 2 atom stereocenters. The molecular weight excluding hydrogens is 883 g/mol. The molecule has 0 saturated carbocycles. The van der Waals surface area contributed by atoms with Gasteiger partial charge in [0, 0.05) is 0 Å². The second kappa shape index (κ2) is 10.1. The molecule has 3 heterocycles. The molecular formula is C26H10Br2Cl8O6P-. The van der Waals surface area contributed by atoms with Crippen molar-refractivity contribution in [3.05, 3.63) is 109 Å². The van der Waals surface area contributed by atoms with Crippen molar-refractivity contribution in [3.8, 4) is 23.0 Å². The molecule has 1 saturated heterocycles. The van der Waals surface area contributed by atoms with Crippen molar-refractivity contribution in [2.45, 2.75) is 12.2 Å². The third-order valence-electron chi connectivity index (χ3n) is 6.83. The Bertz CT molecular complexity index is 1720. The third kappa shape index (κ3) is 4.30. The summed E-state index contributed by atoms with van der Waals surface area (Å²) in [5.74, 6) is -0.917. The zero-order valence-electron chi connectivity index (χ0n) is 20.4. The summed E-state index contributed by atoms with van der Waals surface area (Å²) in [7, 11) is -6.71. The van der Waals surface area contributed by atoms with Gasteiger partial charge in [-0.1, -0.05) is 0 Å². The van der Waals surface area contributed by atoms with Gasteiger partial charge in [0.2, 0.25) is 0 Å². The Kier molecular flexibility index (Phi) is 7.36. The summed E-state index contributed by atoms with van der Waals surface area (Å²) in [4.78, 5) is 0. The molecule has 226 valence electrons. The van der Waals surface area contributed by atoms with Crippen molar-refractivity contribution in [2.24, 2.45) is 0 Å². The van der Waals surface area contributed by atoms with Gasteiger partial charge in [-0.2, -0.15) is 0 Å². The Balaban J connectivity index is 1.57. The number of fused-ring (bicyclic) bond motifs is 2. The van der Waals surface area contributed by atoms with E-state index in [4.69, 9.17) is 120 Å². The summed E-state index contributed by atoms with van der Waals surface area (Å²) >= 11 is 59.3. The summed E-state index contributed by atoms with van der Waals surface area (Å²) in [6, 6.07) is 14.6. The van der Waals surface area contributed by atoms with Crippen LogP contribution in [-0.2, 0) is 9.05 Å². The van der Waals surface area contributed by atoms with E-state index in [-0.39, 0.29) is 63.2 Å². The fraction of sp³-hybridized carbons (Fsp3) is 0.0769. The first kappa shape index (κ1) is 31.3. The molecule has 4 aromatic carbocycles. The van der Waals surface area contributed by atoms with E-state index in [0.717, 1.165) is 0 Å². The van der Waals surface area contributed by atoms with Gasteiger partial charge in [0.15, 0.2) is 0 Å². The van der Waals surface area contributed by atoms with E-state index < -0.39 is 19.5 Å². The molecule has 1 fully saturated rings. The van der Waals surface area contributed by atoms with E-state index in [9.17, 15) is 0 Å². The SMILES string of the molecule is Clc1c(Cl)c(Cl)c2c(c1Cl)O[P-]13(O2)(Oc2c(Cl)c(Cl)c(Cl)c(Cl)c2O1)OC(c1ccccc1Br)C(c1ccccc1Br)O3. The van der Waals surface area contributed by atoms with Crippen LogP contribution in [0.2, 0.25) is 40.2 Å². The van der Waals surface area contributed by atoms with Gasteiger partial charge in [-0.25, -0.2) is 0 Å². The van der Waals surface area contributed by atoms with E-state index in [1.54, 1.807) is 0 Å². The van der Waals surface area contributed by atoms with Gasteiger partial charge in [-0.15, -0.1) is 0 Å². The van der Waals surface area contributed by atoms with Gasteiger partial charge in [0.25, 0.3) is 0 Å². The Morgan fingerprint density at radius 1 is 0.442 bits per heavy atom. The van der Waals surface area contributed by atoms with Gasteiger partial charge in [-0.3, -0.25) is 0 Å². The number of hydrogen-bond donors (Lipinski definition) is 0. The van der Waals surface area contributed by atoms with E-state index >= 15 is 0 Å². The summed E-state index contributed by atoms with van der Waals surface area (Å²) in [6.07, 6.45) is -2.08. The molecule has 3 aliphatic rings. The van der Waals surface area contributed by atoms with Gasteiger partial charge >= 0.3 is 303 Å². The number of rotatable bonds is 2. The summed E-state index contributed by atoms with van der Waals surface area (Å²) < 4.78 is 41.1. The Hall–Kier alpha value is -0.290. The Morgan fingerprint density at radius 2 is 0.721 bits per heavy atom. The first-order valence-corrected chi connectivity index (χ1v) is 18.6. The van der Waals surface area contributed by atoms with Gasteiger partial charge < -0.3 is 0 Å². The standard InChI is InChI=1S/C26H10Br2Cl8O6P/c27-11-7-3-1-5-9(11)21-22(10-6-2-4-8-12(10)28)38-43(37-21,39-23-17(33)13(29)14(30)18(34)24(23)40-43)41-25-19(35)15(31)16(32)20(36)26(25)42-43/h1-8,21-22H/q-1. The average molecular weight is 893 g/mol. The van der Waals surface area contributed by atoms with Crippen molar-refractivity contribution in [1.29, 1.82) is 0 Å². The quantitative estimate of drug-likeness (QED) is 0.114. The molecule has 0 radical (unpaired) electrons. The van der Waals surface area contributed by atoms with Crippen molar-refractivity contribution in [2.75, 3.05) is 0 Å². The van der Waals surface area contributed by atoms with Crippen LogP contribution in [-0.4, -0.2) is 0 Å². The van der Waals surface area contributed by atoms with Crippen LogP contribution < -0.4 is 18.1 Å². The molecule has 0 N–H and O–H groups in total. The maximum atomic E-state index is 6.85. The predicted molar refractivity (Wildman–Crippen MR) is 178 cm³/mol. The summed E-state index contributed by atoms with van der Waals surface area (Å²) in [5, 5.41) is -1.27. The molecule has 4 aromatic rings. The normalized spacial score (nSPS) is 23.2. The molecule has 0 aliphatic carbocycles. The van der Waals surface area contributed by atoms with Crippen molar-refractivity contribution in [3.63, 3.8) is 0 Å². The summed E-state index contributed by atoms with van der Waals surface area (Å²) in [6.45, 7) is 0. The topological polar surface area (TPSA) is 55.4 Å². The van der Waals surface area contributed by atoms with E-state index in [1.807, 2.05) is 48.5 Å². The van der Waals surface area contributed by atoms with Crippen LogP contribution in [0.15, 0.2) is 57.5 Å². The molecule has 0 amide bonds. The zero-order chi connectivity index (χ0) is 30.7. The first-order valence-electron chi connectivity index (χ1n) is 11.8. The fourth-order valence-corrected chi connectivity index (χ4v) is 12.2. The second-order valence-corrected chi connectivity index (χ2v) is 17.5. The first-order chi connectivity index (χ1) is 20.3.